The predicted molar refractivity (Wildman–Crippen MR) is 73.6 cm³/mol. The molecule has 20 heavy (non-hydrogen) atoms. The number of carbonyl (C=O) groups excluding carboxylic acids is 2. The van der Waals surface area contributed by atoms with Crippen LogP contribution >= 0.6 is 0 Å². The fourth-order valence-corrected chi connectivity index (χ4v) is 3.01. The van der Waals surface area contributed by atoms with Gasteiger partial charge in [-0.05, 0) is 43.9 Å². The van der Waals surface area contributed by atoms with Gasteiger partial charge < -0.3 is 10.1 Å². The average Bonchev–Trinajstić information content (AvgIpc) is 2.63. The Labute approximate surface area is 117 Å². The van der Waals surface area contributed by atoms with Gasteiger partial charge in [-0.25, -0.2) is 4.79 Å². The van der Waals surface area contributed by atoms with Gasteiger partial charge in [0.05, 0.1) is 6.10 Å². The fraction of sp³-hybridized carbons (Fsp3) is 0.467. The van der Waals surface area contributed by atoms with Gasteiger partial charge in [0, 0.05) is 6.42 Å². The van der Waals surface area contributed by atoms with Crippen LogP contribution < -0.4 is 15.4 Å². The maximum atomic E-state index is 12.0. The first kappa shape index (κ1) is 13.0. The molecule has 5 heteroatoms. The lowest BCUT2D eigenvalue weighted by Crippen LogP contribution is -2.51. The first-order chi connectivity index (χ1) is 9.50. The first-order valence-electron chi connectivity index (χ1n) is 6.91. The second-order valence-electron chi connectivity index (χ2n) is 5.73. The minimum absolute atomic E-state index is 0.117. The molecule has 2 aliphatic rings. The summed E-state index contributed by atoms with van der Waals surface area (Å²) in [5.74, 6) is 0.667. The summed E-state index contributed by atoms with van der Waals surface area (Å²) in [4.78, 5) is 23.4. The van der Waals surface area contributed by atoms with Crippen molar-refractivity contribution < 1.29 is 14.3 Å². The molecule has 1 atom stereocenters. The molecule has 3 amide bonds. The van der Waals surface area contributed by atoms with E-state index in [0.717, 1.165) is 23.3 Å². The number of carbonyl (C=O) groups is 2. The van der Waals surface area contributed by atoms with Gasteiger partial charge in [-0.1, -0.05) is 12.1 Å². The number of amides is 3. The highest BCUT2D eigenvalue weighted by Gasteiger charge is 2.48. The zero-order valence-corrected chi connectivity index (χ0v) is 11.7. The molecule has 0 saturated carbocycles. The Morgan fingerprint density at radius 3 is 2.75 bits per heavy atom. The molecule has 1 fully saturated rings. The van der Waals surface area contributed by atoms with E-state index in [1.54, 1.807) is 0 Å². The zero-order chi connectivity index (χ0) is 14.3. The summed E-state index contributed by atoms with van der Waals surface area (Å²) in [6, 6.07) is 5.50. The normalized spacial score (nSPS) is 24.6. The third kappa shape index (κ3) is 2.03. The number of nitrogens with one attached hydrogen (secondary N) is 2. The van der Waals surface area contributed by atoms with E-state index in [9.17, 15) is 9.59 Å². The number of imide groups is 1. The third-order valence-electron chi connectivity index (χ3n) is 3.90. The summed E-state index contributed by atoms with van der Waals surface area (Å²) < 4.78 is 5.82. The summed E-state index contributed by atoms with van der Waals surface area (Å²) in [5.41, 5.74) is 1.45. The molecule has 2 N–H and O–H groups in total. The van der Waals surface area contributed by atoms with Crippen molar-refractivity contribution in [3.05, 3.63) is 29.3 Å². The van der Waals surface area contributed by atoms with E-state index in [1.807, 2.05) is 32.0 Å². The molecule has 0 aromatic heterocycles. The number of fused-ring (bicyclic) bond motifs is 1. The summed E-state index contributed by atoms with van der Waals surface area (Å²) in [7, 11) is 0. The van der Waals surface area contributed by atoms with Crippen LogP contribution in [-0.4, -0.2) is 23.6 Å². The number of hydrogen-bond acceptors (Lipinski definition) is 3. The Hall–Kier alpha value is -2.04. The van der Waals surface area contributed by atoms with Crippen molar-refractivity contribution in [2.24, 2.45) is 0 Å². The smallest absolute Gasteiger partial charge is 0.322 e. The predicted octanol–water partition coefficient (Wildman–Crippen LogP) is 1.54. The van der Waals surface area contributed by atoms with E-state index >= 15 is 0 Å². The Bertz CT molecular complexity index is 582. The molecule has 1 aliphatic carbocycles. The molecule has 1 aromatic carbocycles. The number of benzene rings is 1. The van der Waals surface area contributed by atoms with Crippen LogP contribution in [0, 0.1) is 0 Å². The van der Waals surface area contributed by atoms with Gasteiger partial charge >= 0.3 is 6.03 Å². The molecular weight excluding hydrogens is 256 g/mol. The molecule has 3 rings (SSSR count). The van der Waals surface area contributed by atoms with Crippen molar-refractivity contribution >= 4 is 11.9 Å². The molecular formula is C15H18N2O3. The van der Waals surface area contributed by atoms with Gasteiger partial charge in [0.2, 0.25) is 0 Å². The minimum Gasteiger partial charge on any atom is -0.491 e. The molecule has 1 spiro atoms. The summed E-state index contributed by atoms with van der Waals surface area (Å²) >= 11 is 0. The lowest BCUT2D eigenvalue weighted by molar-refractivity contribution is -0.124. The van der Waals surface area contributed by atoms with Crippen LogP contribution in [0.2, 0.25) is 0 Å². The van der Waals surface area contributed by atoms with Gasteiger partial charge in [0.1, 0.15) is 11.3 Å². The van der Waals surface area contributed by atoms with Gasteiger partial charge in [-0.3, -0.25) is 10.1 Å². The SMILES string of the molecule is CC(C)Oc1cccc2c1CCC1(C2)NC(=O)NC1=O. The summed E-state index contributed by atoms with van der Waals surface area (Å²) in [6.07, 6.45) is 1.98. The van der Waals surface area contributed by atoms with Gasteiger partial charge in [-0.2, -0.15) is 0 Å². The van der Waals surface area contributed by atoms with Crippen molar-refractivity contribution in [2.75, 3.05) is 0 Å². The van der Waals surface area contributed by atoms with E-state index in [0.29, 0.717) is 12.8 Å². The Kier molecular flexibility index (Phi) is 2.92. The minimum atomic E-state index is -0.777. The van der Waals surface area contributed by atoms with Crippen LogP contribution in [0.15, 0.2) is 18.2 Å². The zero-order valence-electron chi connectivity index (χ0n) is 11.7. The molecule has 1 unspecified atom stereocenters. The molecule has 0 bridgehead atoms. The highest BCUT2D eigenvalue weighted by atomic mass is 16.5. The fourth-order valence-electron chi connectivity index (χ4n) is 3.01. The topological polar surface area (TPSA) is 67.4 Å². The lowest BCUT2D eigenvalue weighted by atomic mass is 9.77. The maximum absolute atomic E-state index is 12.0. The molecule has 0 radical (unpaired) electrons. The van der Waals surface area contributed by atoms with Crippen molar-refractivity contribution in [1.29, 1.82) is 0 Å². The van der Waals surface area contributed by atoms with E-state index < -0.39 is 11.6 Å². The quantitative estimate of drug-likeness (QED) is 0.804. The van der Waals surface area contributed by atoms with E-state index in [-0.39, 0.29) is 12.0 Å². The van der Waals surface area contributed by atoms with Crippen LogP contribution in [0.25, 0.3) is 0 Å². The number of urea groups is 1. The molecule has 5 nitrogen and oxygen atoms in total. The summed E-state index contributed by atoms with van der Waals surface area (Å²) in [6.45, 7) is 3.99. The Morgan fingerprint density at radius 2 is 2.10 bits per heavy atom. The third-order valence-corrected chi connectivity index (χ3v) is 3.90. The van der Waals surface area contributed by atoms with Crippen LogP contribution in [0.4, 0.5) is 4.79 Å². The molecule has 1 aliphatic heterocycles. The van der Waals surface area contributed by atoms with Gasteiger partial charge in [-0.15, -0.1) is 0 Å². The number of rotatable bonds is 2. The van der Waals surface area contributed by atoms with Crippen LogP contribution in [0.1, 0.15) is 31.4 Å². The van der Waals surface area contributed by atoms with E-state index in [2.05, 4.69) is 10.6 Å². The lowest BCUT2D eigenvalue weighted by Gasteiger charge is -2.32. The van der Waals surface area contributed by atoms with Gasteiger partial charge in [0.15, 0.2) is 0 Å². The van der Waals surface area contributed by atoms with Crippen molar-refractivity contribution in [2.45, 2.75) is 44.8 Å². The molecule has 106 valence electrons. The highest BCUT2D eigenvalue weighted by Crippen LogP contribution is 2.35. The van der Waals surface area contributed by atoms with Crippen LogP contribution in [0.5, 0.6) is 5.75 Å². The molecule has 1 heterocycles. The van der Waals surface area contributed by atoms with E-state index in [1.165, 1.54) is 0 Å². The van der Waals surface area contributed by atoms with Crippen LogP contribution in [0.3, 0.4) is 0 Å². The maximum Gasteiger partial charge on any atom is 0.322 e. The average molecular weight is 274 g/mol. The Balaban J connectivity index is 1.93. The first-order valence-corrected chi connectivity index (χ1v) is 6.91. The second-order valence-corrected chi connectivity index (χ2v) is 5.73. The second kappa shape index (κ2) is 4.51. The Morgan fingerprint density at radius 1 is 1.30 bits per heavy atom. The van der Waals surface area contributed by atoms with E-state index in [4.69, 9.17) is 4.74 Å². The molecule has 1 saturated heterocycles. The van der Waals surface area contributed by atoms with Crippen molar-refractivity contribution in [1.82, 2.24) is 10.6 Å². The van der Waals surface area contributed by atoms with Crippen LogP contribution in [-0.2, 0) is 17.6 Å². The van der Waals surface area contributed by atoms with Gasteiger partial charge in [0.25, 0.3) is 5.91 Å². The standard InChI is InChI=1S/C15H18N2O3/c1-9(2)20-12-5-3-4-10-8-15(7-6-11(10)12)13(18)16-14(19)17-15/h3-5,9H,6-8H2,1-2H3,(H2,16,17,18,19). The van der Waals surface area contributed by atoms with Crippen molar-refractivity contribution in [3.8, 4) is 5.75 Å². The number of ether oxygens (including phenoxy) is 1. The number of hydrogen-bond donors (Lipinski definition) is 2. The van der Waals surface area contributed by atoms with Crippen molar-refractivity contribution in [3.63, 3.8) is 0 Å². The largest absolute Gasteiger partial charge is 0.491 e. The molecule has 1 aromatic rings. The highest BCUT2D eigenvalue weighted by molar-refractivity contribution is 6.07. The summed E-state index contributed by atoms with van der Waals surface area (Å²) in [5, 5.41) is 5.11. The monoisotopic (exact) mass is 274 g/mol.